The van der Waals surface area contributed by atoms with Gasteiger partial charge >= 0.3 is 0 Å². The Kier molecular flexibility index (Phi) is 3.95. The van der Waals surface area contributed by atoms with Gasteiger partial charge in [-0.3, -0.25) is 4.98 Å². The number of para-hydroxylation sites is 1. The number of hydrogen-bond donors (Lipinski definition) is 1. The van der Waals surface area contributed by atoms with E-state index in [4.69, 9.17) is 10.5 Å². The maximum Gasteiger partial charge on any atom is 0.132 e. The molecule has 0 atom stereocenters. The molecular formula is C12H13N3OS. The van der Waals surface area contributed by atoms with E-state index in [1.165, 1.54) is 11.8 Å². The Morgan fingerprint density at radius 2 is 2.06 bits per heavy atom. The minimum atomic E-state index is 0.409. The molecule has 1 aromatic carbocycles. The fraction of sp³-hybridized carbons (Fsp3) is 0.167. The van der Waals surface area contributed by atoms with E-state index in [9.17, 15) is 0 Å². The predicted molar refractivity (Wildman–Crippen MR) is 67.0 cm³/mol. The smallest absolute Gasteiger partial charge is 0.132 e. The molecule has 0 amide bonds. The SMILES string of the molecule is COc1ccccc1Sc1cnc(CN)cn1. The summed E-state index contributed by atoms with van der Waals surface area (Å²) in [6.45, 7) is 0.409. The van der Waals surface area contributed by atoms with Gasteiger partial charge in [0, 0.05) is 6.54 Å². The zero-order chi connectivity index (χ0) is 12.1. The summed E-state index contributed by atoms with van der Waals surface area (Å²) >= 11 is 1.52. The zero-order valence-electron chi connectivity index (χ0n) is 9.46. The number of nitrogens with zero attached hydrogens (tertiary/aromatic N) is 2. The van der Waals surface area contributed by atoms with Gasteiger partial charge in [-0.1, -0.05) is 23.9 Å². The standard InChI is InChI=1S/C12H13N3OS/c1-16-10-4-2-3-5-11(10)17-12-8-14-9(6-13)7-15-12/h2-5,7-8H,6,13H2,1H3. The van der Waals surface area contributed by atoms with E-state index >= 15 is 0 Å². The molecule has 5 heteroatoms. The van der Waals surface area contributed by atoms with E-state index in [-0.39, 0.29) is 0 Å². The first-order chi connectivity index (χ1) is 8.33. The highest BCUT2D eigenvalue weighted by atomic mass is 32.2. The Hall–Kier alpha value is -1.59. The van der Waals surface area contributed by atoms with Crippen LogP contribution >= 0.6 is 11.8 Å². The van der Waals surface area contributed by atoms with Crippen LogP contribution in [-0.4, -0.2) is 17.1 Å². The maximum atomic E-state index is 5.47. The lowest BCUT2D eigenvalue weighted by Crippen LogP contribution is -2.00. The van der Waals surface area contributed by atoms with Crippen LogP contribution in [0.1, 0.15) is 5.69 Å². The van der Waals surface area contributed by atoms with Gasteiger partial charge in [-0.15, -0.1) is 0 Å². The molecule has 2 N–H and O–H groups in total. The summed E-state index contributed by atoms with van der Waals surface area (Å²) in [4.78, 5) is 9.50. The second-order valence-corrected chi connectivity index (χ2v) is 4.37. The van der Waals surface area contributed by atoms with Gasteiger partial charge in [-0.05, 0) is 12.1 Å². The number of hydrogen-bond acceptors (Lipinski definition) is 5. The van der Waals surface area contributed by atoms with Crippen molar-refractivity contribution in [2.45, 2.75) is 16.5 Å². The van der Waals surface area contributed by atoms with Gasteiger partial charge in [0.1, 0.15) is 10.8 Å². The van der Waals surface area contributed by atoms with Crippen LogP contribution in [0.4, 0.5) is 0 Å². The minimum Gasteiger partial charge on any atom is -0.496 e. The third-order valence-corrected chi connectivity index (χ3v) is 3.15. The fourth-order valence-corrected chi connectivity index (χ4v) is 2.15. The molecule has 17 heavy (non-hydrogen) atoms. The molecule has 88 valence electrons. The van der Waals surface area contributed by atoms with E-state index < -0.39 is 0 Å². The van der Waals surface area contributed by atoms with Crippen molar-refractivity contribution < 1.29 is 4.74 Å². The monoisotopic (exact) mass is 247 g/mol. The molecule has 0 unspecified atom stereocenters. The van der Waals surface area contributed by atoms with E-state index in [0.29, 0.717) is 6.54 Å². The third kappa shape index (κ3) is 2.95. The van der Waals surface area contributed by atoms with E-state index in [0.717, 1.165) is 21.4 Å². The summed E-state index contributed by atoms with van der Waals surface area (Å²) in [7, 11) is 1.66. The highest BCUT2D eigenvalue weighted by Crippen LogP contribution is 2.32. The summed E-state index contributed by atoms with van der Waals surface area (Å²) < 4.78 is 5.27. The molecular weight excluding hydrogens is 234 g/mol. The van der Waals surface area contributed by atoms with Gasteiger partial charge in [-0.2, -0.15) is 0 Å². The number of nitrogens with two attached hydrogens (primary N) is 1. The third-order valence-electron chi connectivity index (χ3n) is 2.17. The second kappa shape index (κ2) is 5.65. The normalized spacial score (nSPS) is 10.2. The topological polar surface area (TPSA) is 61.0 Å². The van der Waals surface area contributed by atoms with Crippen LogP contribution in [0.25, 0.3) is 0 Å². The van der Waals surface area contributed by atoms with Crippen LogP contribution < -0.4 is 10.5 Å². The van der Waals surface area contributed by atoms with Crippen molar-refractivity contribution in [1.82, 2.24) is 9.97 Å². The van der Waals surface area contributed by atoms with Crippen molar-refractivity contribution in [2.75, 3.05) is 7.11 Å². The lowest BCUT2D eigenvalue weighted by Gasteiger charge is -2.06. The summed E-state index contributed by atoms with van der Waals surface area (Å²) in [5, 5.41) is 0.826. The molecule has 2 rings (SSSR count). The average Bonchev–Trinajstić information content (AvgIpc) is 2.40. The molecule has 1 aromatic heterocycles. The molecule has 0 spiro atoms. The van der Waals surface area contributed by atoms with Crippen molar-refractivity contribution >= 4 is 11.8 Å². The fourth-order valence-electron chi connectivity index (χ4n) is 1.32. The molecule has 0 saturated heterocycles. The quantitative estimate of drug-likeness (QED) is 0.896. The lowest BCUT2D eigenvalue weighted by atomic mass is 10.3. The Balaban J connectivity index is 2.19. The molecule has 0 saturated carbocycles. The van der Waals surface area contributed by atoms with Crippen molar-refractivity contribution in [3.8, 4) is 5.75 Å². The van der Waals surface area contributed by atoms with Crippen LogP contribution in [0.5, 0.6) is 5.75 Å². The lowest BCUT2D eigenvalue weighted by molar-refractivity contribution is 0.405. The van der Waals surface area contributed by atoms with Crippen LogP contribution in [0.2, 0.25) is 0 Å². The molecule has 0 fully saturated rings. The van der Waals surface area contributed by atoms with Crippen molar-refractivity contribution in [3.05, 3.63) is 42.4 Å². The van der Waals surface area contributed by atoms with Gasteiger partial charge in [0.25, 0.3) is 0 Å². The summed E-state index contributed by atoms with van der Waals surface area (Å²) in [6, 6.07) is 7.81. The molecule has 2 aromatic rings. The molecule has 0 radical (unpaired) electrons. The average molecular weight is 247 g/mol. The summed E-state index contributed by atoms with van der Waals surface area (Å²) in [6.07, 6.45) is 3.41. The Morgan fingerprint density at radius 1 is 1.24 bits per heavy atom. The first-order valence-electron chi connectivity index (χ1n) is 5.15. The summed E-state index contributed by atoms with van der Waals surface area (Å²) in [5.41, 5.74) is 6.26. The zero-order valence-corrected chi connectivity index (χ0v) is 10.3. The molecule has 0 bridgehead atoms. The first-order valence-corrected chi connectivity index (χ1v) is 5.97. The molecule has 0 aliphatic heterocycles. The molecule has 0 aliphatic rings. The molecule has 4 nitrogen and oxygen atoms in total. The van der Waals surface area contributed by atoms with Crippen molar-refractivity contribution in [2.24, 2.45) is 5.73 Å². The van der Waals surface area contributed by atoms with Gasteiger partial charge < -0.3 is 10.5 Å². The summed E-state index contributed by atoms with van der Waals surface area (Å²) in [5.74, 6) is 0.835. The number of rotatable bonds is 4. The number of methoxy groups -OCH3 is 1. The highest BCUT2D eigenvalue weighted by Gasteiger charge is 2.05. The van der Waals surface area contributed by atoms with Gasteiger partial charge in [-0.25, -0.2) is 4.98 Å². The minimum absolute atomic E-state index is 0.409. The Bertz CT molecular complexity index is 487. The predicted octanol–water partition coefficient (Wildman–Crippen LogP) is 2.10. The van der Waals surface area contributed by atoms with Crippen LogP contribution in [0.3, 0.4) is 0 Å². The Morgan fingerprint density at radius 3 is 2.71 bits per heavy atom. The van der Waals surface area contributed by atoms with Gasteiger partial charge in [0.05, 0.1) is 30.1 Å². The van der Waals surface area contributed by atoms with Crippen molar-refractivity contribution in [3.63, 3.8) is 0 Å². The van der Waals surface area contributed by atoms with E-state index in [2.05, 4.69) is 9.97 Å². The van der Waals surface area contributed by atoms with Crippen molar-refractivity contribution in [1.29, 1.82) is 0 Å². The number of ether oxygens (including phenoxy) is 1. The number of benzene rings is 1. The number of aromatic nitrogens is 2. The molecule has 1 heterocycles. The largest absolute Gasteiger partial charge is 0.496 e. The van der Waals surface area contributed by atoms with Gasteiger partial charge in [0.2, 0.25) is 0 Å². The first kappa shape index (κ1) is 11.9. The highest BCUT2D eigenvalue weighted by molar-refractivity contribution is 7.99. The van der Waals surface area contributed by atoms with Crippen LogP contribution in [-0.2, 0) is 6.54 Å². The van der Waals surface area contributed by atoms with E-state index in [1.54, 1.807) is 19.5 Å². The Labute approximate surface area is 104 Å². The van der Waals surface area contributed by atoms with Crippen LogP contribution in [0.15, 0.2) is 46.6 Å². The second-order valence-electron chi connectivity index (χ2n) is 3.30. The molecule has 0 aliphatic carbocycles. The van der Waals surface area contributed by atoms with Crippen LogP contribution in [0, 0.1) is 0 Å². The maximum absolute atomic E-state index is 5.47. The van der Waals surface area contributed by atoms with Gasteiger partial charge in [0.15, 0.2) is 0 Å². The van der Waals surface area contributed by atoms with E-state index in [1.807, 2.05) is 24.3 Å².